The van der Waals surface area contributed by atoms with E-state index in [1.807, 2.05) is 32.9 Å². The predicted octanol–water partition coefficient (Wildman–Crippen LogP) is 2.59. The molecular weight excluding hydrogens is 348 g/mol. The largest absolute Gasteiger partial charge is 0.492 e. The first-order chi connectivity index (χ1) is 12.9. The number of carbonyl (C=O) groups excluding carboxylic acids is 2. The van der Waals surface area contributed by atoms with Crippen LogP contribution >= 0.6 is 0 Å². The highest BCUT2D eigenvalue weighted by molar-refractivity contribution is 6.01. The molecule has 0 spiro atoms. The number of nitrogens with zero attached hydrogens (tertiary/aromatic N) is 1. The molecule has 1 aromatic rings. The van der Waals surface area contributed by atoms with Crippen LogP contribution in [-0.4, -0.2) is 41.6 Å². The number of aliphatic carboxylic acids is 1. The van der Waals surface area contributed by atoms with E-state index in [4.69, 9.17) is 4.74 Å². The molecule has 1 atom stereocenters. The summed E-state index contributed by atoms with van der Waals surface area (Å²) in [7, 11) is 0. The summed E-state index contributed by atoms with van der Waals surface area (Å²) in [6.45, 7) is 6.32. The van der Waals surface area contributed by atoms with E-state index in [0.29, 0.717) is 30.9 Å². The standard InChI is InChI=1S/C20H28N2O5/c1-4-20(5-2,12-18(24)25)21-19(26)14-11-17(23)22(13-14)15-9-7-8-10-16(15)27-6-3/h7-10,14H,4-6,11-13H2,1-3H3,(H,21,26)(H,24,25). The highest BCUT2D eigenvalue weighted by Crippen LogP contribution is 2.33. The van der Waals surface area contributed by atoms with Gasteiger partial charge in [0.25, 0.3) is 0 Å². The molecule has 1 saturated heterocycles. The minimum atomic E-state index is -0.950. The minimum Gasteiger partial charge on any atom is -0.492 e. The molecule has 1 aliphatic rings. The average Bonchev–Trinajstić information content (AvgIpc) is 3.03. The van der Waals surface area contributed by atoms with Gasteiger partial charge in [-0.1, -0.05) is 26.0 Å². The molecule has 7 heteroatoms. The second-order valence-corrected chi connectivity index (χ2v) is 6.85. The van der Waals surface area contributed by atoms with Gasteiger partial charge in [0, 0.05) is 18.5 Å². The molecule has 0 aromatic heterocycles. The maximum Gasteiger partial charge on any atom is 0.305 e. The van der Waals surface area contributed by atoms with E-state index in [-0.39, 0.29) is 31.2 Å². The fraction of sp³-hybridized carbons (Fsp3) is 0.550. The third kappa shape index (κ3) is 4.78. The van der Waals surface area contributed by atoms with Crippen molar-refractivity contribution in [2.45, 2.75) is 52.0 Å². The summed E-state index contributed by atoms with van der Waals surface area (Å²) >= 11 is 0. The lowest BCUT2D eigenvalue weighted by Crippen LogP contribution is -2.51. The number of benzene rings is 1. The molecule has 148 valence electrons. The molecule has 1 unspecified atom stereocenters. The van der Waals surface area contributed by atoms with Crippen LogP contribution in [0.1, 0.15) is 46.5 Å². The van der Waals surface area contributed by atoms with E-state index in [2.05, 4.69) is 5.32 Å². The van der Waals surface area contributed by atoms with Crippen molar-refractivity contribution in [1.29, 1.82) is 0 Å². The van der Waals surface area contributed by atoms with Crippen LogP contribution < -0.4 is 15.0 Å². The van der Waals surface area contributed by atoms with E-state index in [0.717, 1.165) is 0 Å². The van der Waals surface area contributed by atoms with Crippen molar-refractivity contribution in [3.05, 3.63) is 24.3 Å². The van der Waals surface area contributed by atoms with E-state index in [1.54, 1.807) is 17.0 Å². The molecule has 0 saturated carbocycles. The fourth-order valence-electron chi connectivity index (χ4n) is 3.45. The van der Waals surface area contributed by atoms with Gasteiger partial charge in [0.1, 0.15) is 5.75 Å². The Morgan fingerprint density at radius 2 is 1.93 bits per heavy atom. The summed E-state index contributed by atoms with van der Waals surface area (Å²) in [5.41, 5.74) is -0.134. The summed E-state index contributed by atoms with van der Waals surface area (Å²) < 4.78 is 5.59. The molecule has 0 aliphatic carbocycles. The lowest BCUT2D eigenvalue weighted by atomic mass is 9.88. The van der Waals surface area contributed by atoms with E-state index in [9.17, 15) is 19.5 Å². The topological polar surface area (TPSA) is 95.9 Å². The van der Waals surface area contributed by atoms with Gasteiger partial charge in [-0.3, -0.25) is 14.4 Å². The van der Waals surface area contributed by atoms with Crippen LogP contribution in [0.4, 0.5) is 5.69 Å². The molecule has 0 bridgehead atoms. The van der Waals surface area contributed by atoms with Gasteiger partial charge >= 0.3 is 5.97 Å². The van der Waals surface area contributed by atoms with Gasteiger partial charge in [-0.25, -0.2) is 0 Å². The Morgan fingerprint density at radius 3 is 2.52 bits per heavy atom. The van der Waals surface area contributed by atoms with Gasteiger partial charge in [0.15, 0.2) is 0 Å². The van der Waals surface area contributed by atoms with E-state index in [1.165, 1.54) is 0 Å². The van der Waals surface area contributed by atoms with Gasteiger partial charge in [-0.15, -0.1) is 0 Å². The minimum absolute atomic E-state index is 0.100. The number of hydrogen-bond acceptors (Lipinski definition) is 4. The van der Waals surface area contributed by atoms with Crippen LogP contribution in [0, 0.1) is 5.92 Å². The zero-order valence-electron chi connectivity index (χ0n) is 16.2. The number of amides is 2. The normalized spacial score (nSPS) is 17.1. The van der Waals surface area contributed by atoms with Crippen molar-refractivity contribution in [3.8, 4) is 5.75 Å². The van der Waals surface area contributed by atoms with Crippen LogP contribution in [0.3, 0.4) is 0 Å². The number of hydrogen-bond donors (Lipinski definition) is 2. The van der Waals surface area contributed by atoms with Crippen LogP contribution in [-0.2, 0) is 14.4 Å². The van der Waals surface area contributed by atoms with Crippen molar-refractivity contribution >= 4 is 23.5 Å². The highest BCUT2D eigenvalue weighted by Gasteiger charge is 2.39. The third-order valence-electron chi connectivity index (χ3n) is 5.18. The predicted molar refractivity (Wildman–Crippen MR) is 102 cm³/mol. The van der Waals surface area contributed by atoms with Gasteiger partial charge in [-0.2, -0.15) is 0 Å². The molecule has 2 amide bonds. The van der Waals surface area contributed by atoms with Crippen LogP contribution in [0.25, 0.3) is 0 Å². The molecule has 27 heavy (non-hydrogen) atoms. The van der Waals surface area contributed by atoms with Gasteiger partial charge in [0.2, 0.25) is 11.8 Å². The molecule has 1 aliphatic heterocycles. The van der Waals surface area contributed by atoms with Crippen molar-refractivity contribution in [2.24, 2.45) is 5.92 Å². The summed E-state index contributed by atoms with van der Waals surface area (Å²) in [5, 5.41) is 12.1. The summed E-state index contributed by atoms with van der Waals surface area (Å²) in [6, 6.07) is 7.26. The lowest BCUT2D eigenvalue weighted by Gasteiger charge is -2.32. The number of carboxylic acids is 1. The van der Waals surface area contributed by atoms with Crippen LogP contribution in [0.5, 0.6) is 5.75 Å². The second kappa shape index (κ2) is 8.88. The second-order valence-electron chi connectivity index (χ2n) is 6.85. The Morgan fingerprint density at radius 1 is 1.26 bits per heavy atom. The summed E-state index contributed by atoms with van der Waals surface area (Å²) in [6.07, 6.45) is 0.990. The smallest absolute Gasteiger partial charge is 0.305 e. The van der Waals surface area contributed by atoms with Crippen molar-refractivity contribution in [3.63, 3.8) is 0 Å². The first-order valence-electron chi connectivity index (χ1n) is 9.41. The number of carboxylic acid groups (broad SMARTS) is 1. The van der Waals surface area contributed by atoms with E-state index < -0.39 is 17.4 Å². The highest BCUT2D eigenvalue weighted by atomic mass is 16.5. The summed E-state index contributed by atoms with van der Waals surface area (Å²) in [5.74, 6) is -1.27. The first-order valence-corrected chi connectivity index (χ1v) is 9.41. The quantitative estimate of drug-likeness (QED) is 0.691. The molecule has 1 fully saturated rings. The Balaban J connectivity index is 2.15. The molecule has 0 radical (unpaired) electrons. The average molecular weight is 376 g/mol. The monoisotopic (exact) mass is 376 g/mol. The molecule has 1 heterocycles. The zero-order valence-corrected chi connectivity index (χ0v) is 16.2. The van der Waals surface area contributed by atoms with Crippen molar-refractivity contribution in [1.82, 2.24) is 5.32 Å². The fourth-order valence-corrected chi connectivity index (χ4v) is 3.45. The van der Waals surface area contributed by atoms with Crippen LogP contribution in [0.15, 0.2) is 24.3 Å². The van der Waals surface area contributed by atoms with Crippen molar-refractivity contribution < 1.29 is 24.2 Å². The van der Waals surface area contributed by atoms with Gasteiger partial charge in [0.05, 0.1) is 24.6 Å². The number of rotatable bonds is 9. The molecule has 7 nitrogen and oxygen atoms in total. The third-order valence-corrected chi connectivity index (χ3v) is 5.18. The van der Waals surface area contributed by atoms with Gasteiger partial charge < -0.3 is 20.1 Å². The Labute approximate surface area is 159 Å². The Bertz CT molecular complexity index is 699. The van der Waals surface area contributed by atoms with Crippen LogP contribution in [0.2, 0.25) is 0 Å². The molecule has 2 rings (SSSR count). The lowest BCUT2D eigenvalue weighted by molar-refractivity contribution is -0.139. The number of nitrogens with one attached hydrogen (secondary N) is 1. The molecule has 2 N–H and O–H groups in total. The number of anilines is 1. The maximum atomic E-state index is 12.8. The number of ether oxygens (including phenoxy) is 1. The number of para-hydroxylation sites is 2. The first kappa shape index (κ1) is 20.7. The Hall–Kier alpha value is -2.57. The summed E-state index contributed by atoms with van der Waals surface area (Å²) in [4.78, 5) is 38.1. The zero-order chi connectivity index (χ0) is 20.0. The van der Waals surface area contributed by atoms with E-state index >= 15 is 0 Å². The maximum absolute atomic E-state index is 12.8. The van der Waals surface area contributed by atoms with Crippen molar-refractivity contribution in [2.75, 3.05) is 18.1 Å². The SMILES string of the molecule is CCOc1ccccc1N1CC(C(=O)NC(CC)(CC)CC(=O)O)CC1=O. The molecule has 1 aromatic carbocycles. The Kier molecular flexibility index (Phi) is 6.82. The molecular formula is C20H28N2O5. The van der Waals surface area contributed by atoms with Gasteiger partial charge in [-0.05, 0) is 31.9 Å². The number of carbonyl (C=O) groups is 3.